The van der Waals surface area contributed by atoms with E-state index in [1.54, 1.807) is 0 Å². The highest BCUT2D eigenvalue weighted by molar-refractivity contribution is 4.58. The molecule has 0 radical (unpaired) electrons. The Hall–Kier alpha value is -0.120. The fourth-order valence-corrected chi connectivity index (χ4v) is 1.71. The van der Waals surface area contributed by atoms with Gasteiger partial charge in [-0.2, -0.15) is 0 Å². The van der Waals surface area contributed by atoms with Gasteiger partial charge in [-0.15, -0.1) is 0 Å². The summed E-state index contributed by atoms with van der Waals surface area (Å²) in [5, 5.41) is 3.47. The first-order valence-corrected chi connectivity index (χ1v) is 7.84. The molecule has 0 bridgehead atoms. The van der Waals surface area contributed by atoms with Crippen molar-refractivity contribution in [2.75, 3.05) is 32.9 Å². The van der Waals surface area contributed by atoms with Crippen molar-refractivity contribution >= 4 is 0 Å². The van der Waals surface area contributed by atoms with E-state index in [1.807, 2.05) is 0 Å². The van der Waals surface area contributed by atoms with E-state index >= 15 is 0 Å². The Bertz CT molecular complexity index is 188. The average molecular weight is 273 g/mol. The summed E-state index contributed by atoms with van der Waals surface area (Å²) in [7, 11) is 0. The molecule has 0 saturated carbocycles. The smallest absolute Gasteiger partial charge is 0.0707 e. The van der Waals surface area contributed by atoms with E-state index in [1.165, 1.54) is 25.7 Å². The van der Waals surface area contributed by atoms with E-state index in [0.29, 0.717) is 13.2 Å². The number of hydrogen-bond acceptors (Lipinski definition) is 3. The normalized spacial score (nSPS) is 12.3. The van der Waals surface area contributed by atoms with Gasteiger partial charge in [0.2, 0.25) is 0 Å². The molecule has 0 spiro atoms. The third kappa shape index (κ3) is 17.9. The summed E-state index contributed by atoms with van der Waals surface area (Å²) in [6, 6.07) is 0. The Labute approximate surface area is 120 Å². The van der Waals surface area contributed by atoms with Crippen molar-refractivity contribution in [1.29, 1.82) is 0 Å². The zero-order chi connectivity index (χ0) is 14.6. The van der Waals surface area contributed by atoms with Crippen LogP contribution in [0.15, 0.2) is 0 Å². The number of hydrogen-bond donors (Lipinski definition) is 1. The molecule has 0 saturated heterocycles. The zero-order valence-corrected chi connectivity index (χ0v) is 13.8. The quantitative estimate of drug-likeness (QED) is 0.551. The van der Waals surface area contributed by atoms with Gasteiger partial charge in [0, 0.05) is 6.61 Å². The molecule has 0 heterocycles. The lowest BCUT2D eigenvalue weighted by Gasteiger charge is -2.19. The Kier molecular flexibility index (Phi) is 11.6. The molecule has 0 atom stereocenters. The second-order valence-electron chi connectivity index (χ2n) is 6.59. The van der Waals surface area contributed by atoms with Gasteiger partial charge in [-0.1, -0.05) is 26.7 Å². The third-order valence-corrected chi connectivity index (χ3v) is 2.71. The van der Waals surface area contributed by atoms with E-state index in [2.05, 4.69) is 39.9 Å². The molecule has 0 amide bonds. The van der Waals surface area contributed by atoms with Crippen LogP contribution in [0.2, 0.25) is 0 Å². The van der Waals surface area contributed by atoms with Crippen LogP contribution in [0.1, 0.15) is 60.3 Å². The second kappa shape index (κ2) is 11.7. The Morgan fingerprint density at radius 1 is 0.895 bits per heavy atom. The molecule has 0 fully saturated rings. The molecule has 19 heavy (non-hydrogen) atoms. The lowest BCUT2D eigenvalue weighted by Crippen LogP contribution is -2.22. The molecule has 3 nitrogen and oxygen atoms in total. The van der Waals surface area contributed by atoms with Crippen molar-refractivity contribution in [1.82, 2.24) is 5.32 Å². The number of nitrogens with one attached hydrogen (secondary N) is 1. The van der Waals surface area contributed by atoms with E-state index in [9.17, 15) is 0 Å². The first-order chi connectivity index (χ1) is 8.92. The minimum absolute atomic E-state index is 0.0493. The summed E-state index contributed by atoms with van der Waals surface area (Å²) in [6.07, 6.45) is 5.01. The Morgan fingerprint density at radius 3 is 2.21 bits per heavy atom. The summed E-state index contributed by atoms with van der Waals surface area (Å²) in [6.45, 7) is 15.3. The topological polar surface area (TPSA) is 30.5 Å². The molecular formula is C16H35NO2. The maximum Gasteiger partial charge on any atom is 0.0707 e. The molecular weight excluding hydrogens is 238 g/mol. The molecule has 116 valence electrons. The minimum Gasteiger partial charge on any atom is -0.379 e. The summed E-state index contributed by atoms with van der Waals surface area (Å²) in [4.78, 5) is 0. The summed E-state index contributed by atoms with van der Waals surface area (Å²) < 4.78 is 11.1. The summed E-state index contributed by atoms with van der Waals surface area (Å²) in [5.41, 5.74) is -0.0493. The molecule has 0 rings (SSSR count). The van der Waals surface area contributed by atoms with Crippen LogP contribution in [0.5, 0.6) is 0 Å². The molecule has 0 aliphatic carbocycles. The largest absolute Gasteiger partial charge is 0.379 e. The zero-order valence-electron chi connectivity index (χ0n) is 13.8. The first-order valence-electron chi connectivity index (χ1n) is 7.84. The molecule has 0 aromatic rings. The van der Waals surface area contributed by atoms with Crippen LogP contribution in [0.3, 0.4) is 0 Å². The standard InChI is InChI=1S/C16H35NO2/c1-15(2)14-17-10-8-6-7-9-11-18-12-13-19-16(3,4)5/h15,17H,6-14H2,1-5H3. The first kappa shape index (κ1) is 18.9. The van der Waals surface area contributed by atoms with E-state index in [-0.39, 0.29) is 5.60 Å². The molecule has 0 aliphatic rings. The van der Waals surface area contributed by atoms with E-state index < -0.39 is 0 Å². The average Bonchev–Trinajstić information content (AvgIpc) is 2.28. The predicted octanol–water partition coefficient (Wildman–Crippen LogP) is 3.62. The maximum atomic E-state index is 5.59. The lowest BCUT2D eigenvalue weighted by molar-refractivity contribution is -0.0351. The van der Waals surface area contributed by atoms with Gasteiger partial charge >= 0.3 is 0 Å². The van der Waals surface area contributed by atoms with Crippen LogP contribution in [-0.4, -0.2) is 38.5 Å². The highest BCUT2D eigenvalue weighted by atomic mass is 16.5. The van der Waals surface area contributed by atoms with Gasteiger partial charge in [0.05, 0.1) is 18.8 Å². The Balaban J connectivity index is 3.03. The fourth-order valence-electron chi connectivity index (χ4n) is 1.71. The monoisotopic (exact) mass is 273 g/mol. The highest BCUT2D eigenvalue weighted by Gasteiger charge is 2.08. The molecule has 3 heteroatoms. The minimum atomic E-state index is -0.0493. The van der Waals surface area contributed by atoms with E-state index in [4.69, 9.17) is 9.47 Å². The third-order valence-electron chi connectivity index (χ3n) is 2.71. The molecule has 0 aromatic heterocycles. The van der Waals surface area contributed by atoms with Crippen LogP contribution in [-0.2, 0) is 9.47 Å². The van der Waals surface area contributed by atoms with Crippen molar-refractivity contribution < 1.29 is 9.47 Å². The predicted molar refractivity (Wildman–Crippen MR) is 82.7 cm³/mol. The van der Waals surface area contributed by atoms with Crippen LogP contribution >= 0.6 is 0 Å². The summed E-state index contributed by atoms with van der Waals surface area (Å²) >= 11 is 0. The lowest BCUT2D eigenvalue weighted by atomic mass is 10.2. The fraction of sp³-hybridized carbons (Fsp3) is 1.00. The molecule has 1 N–H and O–H groups in total. The van der Waals surface area contributed by atoms with Crippen molar-refractivity contribution in [2.45, 2.75) is 65.9 Å². The van der Waals surface area contributed by atoms with Crippen molar-refractivity contribution in [3.63, 3.8) is 0 Å². The van der Waals surface area contributed by atoms with Gasteiger partial charge in [-0.05, 0) is 52.6 Å². The van der Waals surface area contributed by atoms with Crippen LogP contribution in [0.25, 0.3) is 0 Å². The summed E-state index contributed by atoms with van der Waals surface area (Å²) in [5.74, 6) is 0.753. The van der Waals surface area contributed by atoms with Gasteiger partial charge in [0.15, 0.2) is 0 Å². The van der Waals surface area contributed by atoms with Crippen LogP contribution in [0.4, 0.5) is 0 Å². The van der Waals surface area contributed by atoms with Crippen molar-refractivity contribution in [2.24, 2.45) is 5.92 Å². The van der Waals surface area contributed by atoms with Gasteiger partial charge < -0.3 is 14.8 Å². The second-order valence-corrected chi connectivity index (χ2v) is 6.59. The maximum absolute atomic E-state index is 5.59. The number of unbranched alkanes of at least 4 members (excludes halogenated alkanes) is 3. The van der Waals surface area contributed by atoms with Crippen molar-refractivity contribution in [3.8, 4) is 0 Å². The van der Waals surface area contributed by atoms with Gasteiger partial charge in [0.1, 0.15) is 0 Å². The van der Waals surface area contributed by atoms with Gasteiger partial charge in [0.25, 0.3) is 0 Å². The molecule has 0 aromatic carbocycles. The number of ether oxygens (including phenoxy) is 2. The van der Waals surface area contributed by atoms with Crippen molar-refractivity contribution in [3.05, 3.63) is 0 Å². The van der Waals surface area contributed by atoms with Gasteiger partial charge in [-0.3, -0.25) is 0 Å². The van der Waals surface area contributed by atoms with E-state index in [0.717, 1.165) is 25.6 Å². The molecule has 0 unspecified atom stereocenters. The number of rotatable bonds is 12. The van der Waals surface area contributed by atoms with Crippen LogP contribution in [0, 0.1) is 5.92 Å². The van der Waals surface area contributed by atoms with Gasteiger partial charge in [-0.25, -0.2) is 0 Å². The highest BCUT2D eigenvalue weighted by Crippen LogP contribution is 2.06. The van der Waals surface area contributed by atoms with Crippen LogP contribution < -0.4 is 5.32 Å². The Morgan fingerprint density at radius 2 is 1.58 bits per heavy atom. The molecule has 0 aliphatic heterocycles. The SMILES string of the molecule is CC(C)CNCCCCCCOCCOC(C)(C)C.